The SMILES string of the molecule is CC1Cc2c(O)[nH]c(O)c2C(=O)[C@H]1NC(=O)C[C@H](NC(=O)CC(=O)C=Cc1cccc(CO)c1)c1ccccc1. The predicted octanol–water partition coefficient (Wildman–Crippen LogP) is 2.70. The van der Waals surface area contributed by atoms with Gasteiger partial charge in [-0.15, -0.1) is 0 Å². The van der Waals surface area contributed by atoms with E-state index in [4.69, 9.17) is 0 Å². The summed E-state index contributed by atoms with van der Waals surface area (Å²) in [6.07, 6.45) is 2.50. The molecule has 0 fully saturated rings. The number of aromatic amines is 1. The third-order valence-corrected chi connectivity index (χ3v) is 6.86. The molecular weight excluding hydrogens is 514 g/mol. The number of H-pyrrole nitrogens is 1. The van der Waals surface area contributed by atoms with Gasteiger partial charge in [-0.1, -0.05) is 61.5 Å². The lowest BCUT2D eigenvalue weighted by molar-refractivity contribution is -0.127. The fourth-order valence-electron chi connectivity index (χ4n) is 4.84. The van der Waals surface area contributed by atoms with Crippen LogP contribution in [-0.2, 0) is 27.4 Å². The van der Waals surface area contributed by atoms with Gasteiger partial charge in [0, 0.05) is 5.56 Å². The molecule has 1 aromatic heterocycles. The number of hydrogen-bond acceptors (Lipinski definition) is 7. The van der Waals surface area contributed by atoms with Gasteiger partial charge in [0.15, 0.2) is 17.4 Å². The number of carbonyl (C=O) groups is 4. The highest BCUT2D eigenvalue weighted by Gasteiger charge is 2.39. The van der Waals surface area contributed by atoms with E-state index in [-0.39, 0.29) is 36.8 Å². The number of allylic oxidation sites excluding steroid dienone is 1. The molecule has 40 heavy (non-hydrogen) atoms. The molecule has 0 saturated heterocycles. The molecule has 2 amide bonds. The highest BCUT2D eigenvalue weighted by atomic mass is 16.3. The van der Waals surface area contributed by atoms with Crippen LogP contribution in [-0.4, -0.2) is 49.7 Å². The number of aliphatic hydroxyl groups is 1. The number of aliphatic hydroxyl groups excluding tert-OH is 1. The molecule has 3 aromatic rings. The van der Waals surface area contributed by atoms with Crippen LogP contribution in [0.25, 0.3) is 6.08 Å². The predicted molar refractivity (Wildman–Crippen MR) is 146 cm³/mol. The molecule has 10 heteroatoms. The number of benzene rings is 2. The van der Waals surface area contributed by atoms with Crippen molar-refractivity contribution in [2.75, 3.05) is 0 Å². The molecule has 1 unspecified atom stereocenters. The lowest BCUT2D eigenvalue weighted by atomic mass is 9.81. The van der Waals surface area contributed by atoms with Gasteiger partial charge in [0.05, 0.1) is 37.1 Å². The fourth-order valence-corrected chi connectivity index (χ4v) is 4.84. The largest absolute Gasteiger partial charge is 0.494 e. The molecule has 10 nitrogen and oxygen atoms in total. The summed E-state index contributed by atoms with van der Waals surface area (Å²) in [5.41, 5.74) is 2.33. The van der Waals surface area contributed by atoms with Crippen LogP contribution in [0.15, 0.2) is 60.7 Å². The molecule has 3 atom stereocenters. The molecule has 0 aliphatic heterocycles. The Hall–Kier alpha value is -4.70. The summed E-state index contributed by atoms with van der Waals surface area (Å²) in [5.74, 6) is -3.09. The molecule has 208 valence electrons. The fraction of sp³-hybridized carbons (Fsp3) is 0.267. The molecule has 0 saturated carbocycles. The number of amides is 2. The number of Topliss-reactive ketones (excluding diaryl/α,β-unsaturated/α-hetero) is 1. The molecule has 0 radical (unpaired) electrons. The number of ketones is 2. The molecular formula is C30H31N3O7. The van der Waals surface area contributed by atoms with Gasteiger partial charge >= 0.3 is 0 Å². The van der Waals surface area contributed by atoms with Crippen molar-refractivity contribution in [3.8, 4) is 11.8 Å². The van der Waals surface area contributed by atoms with E-state index in [0.29, 0.717) is 22.3 Å². The molecule has 1 aliphatic carbocycles. The first-order valence-electron chi connectivity index (χ1n) is 12.9. The smallest absolute Gasteiger partial charge is 0.228 e. The number of carbonyl (C=O) groups excluding carboxylic acids is 4. The van der Waals surface area contributed by atoms with Crippen molar-refractivity contribution < 1.29 is 34.5 Å². The number of nitrogens with one attached hydrogen (secondary N) is 3. The standard InChI is InChI=1S/C30H31N3O7/c1-17-12-22-26(30(40)33-29(22)39)28(38)27(17)32-25(37)15-23(20-8-3-2-4-9-20)31-24(36)14-21(35)11-10-18-6-5-7-19(13-18)16-34/h2-11,13,17,23,27,33-34,39-40H,12,14-16H2,1H3,(H,31,36)(H,32,37)/t17?,23-,27-/m0/s1. The average Bonchev–Trinajstić information content (AvgIpc) is 3.22. The second-order valence-electron chi connectivity index (χ2n) is 9.88. The minimum atomic E-state index is -0.927. The highest BCUT2D eigenvalue weighted by Crippen LogP contribution is 2.37. The van der Waals surface area contributed by atoms with Gasteiger partial charge in [-0.05, 0) is 41.2 Å². The van der Waals surface area contributed by atoms with E-state index in [9.17, 15) is 34.5 Å². The van der Waals surface area contributed by atoms with Crippen molar-refractivity contribution in [1.29, 1.82) is 0 Å². The Morgan fingerprint density at radius 1 is 1.05 bits per heavy atom. The first-order chi connectivity index (χ1) is 19.2. The van der Waals surface area contributed by atoms with Gasteiger partial charge in [-0.25, -0.2) is 0 Å². The molecule has 1 heterocycles. The zero-order chi connectivity index (χ0) is 28.8. The molecule has 0 spiro atoms. The van der Waals surface area contributed by atoms with Gasteiger partial charge in [0.1, 0.15) is 0 Å². The quantitative estimate of drug-likeness (QED) is 0.168. The maximum Gasteiger partial charge on any atom is 0.228 e. The molecule has 2 aromatic carbocycles. The van der Waals surface area contributed by atoms with Gasteiger partial charge in [-0.3, -0.25) is 24.2 Å². The summed E-state index contributed by atoms with van der Waals surface area (Å²) in [6, 6.07) is 14.1. The lowest BCUT2D eigenvalue weighted by Crippen LogP contribution is -2.49. The maximum absolute atomic E-state index is 13.1. The Morgan fingerprint density at radius 2 is 1.80 bits per heavy atom. The van der Waals surface area contributed by atoms with Crippen molar-refractivity contribution in [3.63, 3.8) is 0 Å². The van der Waals surface area contributed by atoms with Crippen LogP contribution >= 0.6 is 0 Å². The van der Waals surface area contributed by atoms with Crippen LogP contribution in [0.3, 0.4) is 0 Å². The Bertz CT molecular complexity index is 1440. The highest BCUT2D eigenvalue weighted by molar-refractivity contribution is 6.07. The van der Waals surface area contributed by atoms with Gasteiger partial charge in [0.25, 0.3) is 0 Å². The van der Waals surface area contributed by atoms with E-state index in [2.05, 4.69) is 15.6 Å². The van der Waals surface area contributed by atoms with Gasteiger partial charge in [0.2, 0.25) is 17.7 Å². The van der Waals surface area contributed by atoms with Crippen molar-refractivity contribution in [2.45, 2.75) is 44.9 Å². The Kier molecular flexibility index (Phi) is 8.80. The number of aromatic hydroxyl groups is 2. The van der Waals surface area contributed by atoms with Crippen LogP contribution in [0.2, 0.25) is 0 Å². The van der Waals surface area contributed by atoms with Crippen LogP contribution in [0.5, 0.6) is 11.8 Å². The van der Waals surface area contributed by atoms with Crippen LogP contribution < -0.4 is 10.6 Å². The minimum absolute atomic E-state index is 0.0385. The topological polar surface area (TPSA) is 169 Å². The summed E-state index contributed by atoms with van der Waals surface area (Å²) >= 11 is 0. The zero-order valence-electron chi connectivity index (χ0n) is 21.9. The van der Waals surface area contributed by atoms with Crippen molar-refractivity contribution in [3.05, 3.63) is 88.5 Å². The van der Waals surface area contributed by atoms with E-state index in [1.807, 2.05) is 0 Å². The Labute approximate surface area is 230 Å². The molecule has 0 bridgehead atoms. The first-order valence-corrected chi connectivity index (χ1v) is 12.9. The summed E-state index contributed by atoms with van der Waals surface area (Å²) < 4.78 is 0. The van der Waals surface area contributed by atoms with E-state index < -0.39 is 47.8 Å². The maximum atomic E-state index is 13.1. The van der Waals surface area contributed by atoms with E-state index in [0.717, 1.165) is 0 Å². The van der Waals surface area contributed by atoms with Gasteiger partial charge < -0.3 is 26.0 Å². The van der Waals surface area contributed by atoms with Crippen LogP contribution in [0.1, 0.15) is 58.4 Å². The molecule has 6 N–H and O–H groups in total. The second-order valence-corrected chi connectivity index (χ2v) is 9.88. The summed E-state index contributed by atoms with van der Waals surface area (Å²) in [5, 5.41) is 34.7. The van der Waals surface area contributed by atoms with E-state index in [1.54, 1.807) is 67.6 Å². The van der Waals surface area contributed by atoms with Crippen molar-refractivity contribution in [1.82, 2.24) is 15.6 Å². The second kappa shape index (κ2) is 12.4. The average molecular weight is 546 g/mol. The molecule has 1 aliphatic rings. The first kappa shape index (κ1) is 28.3. The van der Waals surface area contributed by atoms with E-state index >= 15 is 0 Å². The zero-order valence-corrected chi connectivity index (χ0v) is 21.9. The lowest BCUT2D eigenvalue weighted by Gasteiger charge is -2.29. The monoisotopic (exact) mass is 545 g/mol. The Balaban J connectivity index is 1.41. The number of fused-ring (bicyclic) bond motifs is 1. The third-order valence-electron chi connectivity index (χ3n) is 6.86. The van der Waals surface area contributed by atoms with Crippen LogP contribution in [0, 0.1) is 5.92 Å². The van der Waals surface area contributed by atoms with Crippen molar-refractivity contribution in [2.24, 2.45) is 5.92 Å². The Morgan fingerprint density at radius 3 is 2.52 bits per heavy atom. The molecule has 4 rings (SSSR count). The summed E-state index contributed by atoms with van der Waals surface area (Å²) in [6.45, 7) is 1.63. The van der Waals surface area contributed by atoms with E-state index in [1.165, 1.54) is 6.08 Å². The van der Waals surface area contributed by atoms with Crippen molar-refractivity contribution >= 4 is 29.5 Å². The number of aromatic nitrogens is 1. The minimum Gasteiger partial charge on any atom is -0.494 e. The van der Waals surface area contributed by atoms with Crippen LogP contribution in [0.4, 0.5) is 0 Å². The number of rotatable bonds is 10. The summed E-state index contributed by atoms with van der Waals surface area (Å²) in [4.78, 5) is 53.6. The number of hydrogen-bond donors (Lipinski definition) is 6. The third kappa shape index (κ3) is 6.65. The van der Waals surface area contributed by atoms with Gasteiger partial charge in [-0.2, -0.15) is 0 Å². The normalized spacial score (nSPS) is 17.3. The summed E-state index contributed by atoms with van der Waals surface area (Å²) in [7, 11) is 0.